The number of carbonyl (C=O) groups is 3. The Kier molecular flexibility index (Phi) is 4.99. The van der Waals surface area contributed by atoms with E-state index in [0.717, 1.165) is 12.1 Å². The van der Waals surface area contributed by atoms with Crippen LogP contribution < -0.4 is 15.5 Å². The molecule has 3 amide bonds. The average Bonchev–Trinajstić information content (AvgIpc) is 3.30. The number of amides is 3. The third-order valence-electron chi connectivity index (χ3n) is 4.70. The summed E-state index contributed by atoms with van der Waals surface area (Å²) in [5.41, 5.74) is 3.08. The van der Waals surface area contributed by atoms with Crippen LogP contribution in [0.3, 0.4) is 0 Å². The summed E-state index contributed by atoms with van der Waals surface area (Å²) in [5.74, 6) is -0.0621. The number of carbonyl (C=O) groups excluding carboxylic acids is 3. The van der Waals surface area contributed by atoms with Gasteiger partial charge in [-0.2, -0.15) is 0 Å². The zero-order valence-electron chi connectivity index (χ0n) is 15.9. The SMILES string of the molecule is Cc1nc2cc(NC(=O)CNC(=O)c3ccc(N4CCCC4=O)cc3)ccc2o1. The Hall–Kier alpha value is -3.68. The summed E-state index contributed by atoms with van der Waals surface area (Å²) < 4.78 is 5.40. The highest BCUT2D eigenvalue weighted by Gasteiger charge is 2.21. The second kappa shape index (κ2) is 7.75. The first-order valence-corrected chi connectivity index (χ1v) is 9.35. The number of aromatic nitrogens is 1. The third kappa shape index (κ3) is 4.11. The summed E-state index contributed by atoms with van der Waals surface area (Å²) in [6, 6.07) is 11.9. The molecule has 1 aliphatic rings. The molecule has 4 rings (SSSR count). The Balaban J connectivity index is 1.32. The minimum atomic E-state index is -0.359. The summed E-state index contributed by atoms with van der Waals surface area (Å²) >= 11 is 0. The van der Waals surface area contributed by atoms with E-state index in [1.54, 1.807) is 54.3 Å². The molecule has 0 saturated carbocycles. The lowest BCUT2D eigenvalue weighted by atomic mass is 10.2. The van der Waals surface area contributed by atoms with Gasteiger partial charge in [-0.15, -0.1) is 0 Å². The molecule has 8 nitrogen and oxygen atoms in total. The number of hydrogen-bond acceptors (Lipinski definition) is 5. The third-order valence-corrected chi connectivity index (χ3v) is 4.70. The van der Waals surface area contributed by atoms with Gasteiger partial charge < -0.3 is 20.0 Å². The molecule has 2 N–H and O–H groups in total. The minimum absolute atomic E-state index is 0.0952. The van der Waals surface area contributed by atoms with Gasteiger partial charge in [-0.3, -0.25) is 14.4 Å². The molecule has 148 valence electrons. The topological polar surface area (TPSA) is 105 Å². The largest absolute Gasteiger partial charge is 0.441 e. The molecule has 1 fully saturated rings. The second-order valence-electron chi connectivity index (χ2n) is 6.84. The van der Waals surface area contributed by atoms with Crippen LogP contribution in [0.4, 0.5) is 11.4 Å². The van der Waals surface area contributed by atoms with E-state index < -0.39 is 0 Å². The van der Waals surface area contributed by atoms with Crippen molar-refractivity contribution in [2.75, 3.05) is 23.3 Å². The maximum absolute atomic E-state index is 12.3. The zero-order chi connectivity index (χ0) is 20.4. The van der Waals surface area contributed by atoms with Gasteiger partial charge >= 0.3 is 0 Å². The fourth-order valence-electron chi connectivity index (χ4n) is 3.30. The molecular formula is C21H20N4O4. The van der Waals surface area contributed by atoms with Gasteiger partial charge in [0.25, 0.3) is 5.91 Å². The lowest BCUT2D eigenvalue weighted by molar-refractivity contribution is -0.117. The van der Waals surface area contributed by atoms with E-state index in [2.05, 4.69) is 15.6 Å². The van der Waals surface area contributed by atoms with E-state index in [1.165, 1.54) is 0 Å². The van der Waals surface area contributed by atoms with Crippen LogP contribution in [-0.4, -0.2) is 35.8 Å². The number of nitrogens with zero attached hydrogens (tertiary/aromatic N) is 2. The molecule has 3 aromatic rings. The summed E-state index contributed by atoms with van der Waals surface area (Å²) in [7, 11) is 0. The summed E-state index contributed by atoms with van der Waals surface area (Å²) in [4.78, 5) is 42.1. The van der Waals surface area contributed by atoms with E-state index in [9.17, 15) is 14.4 Å². The van der Waals surface area contributed by atoms with Crippen LogP contribution in [0.15, 0.2) is 46.9 Å². The predicted octanol–water partition coefficient (Wildman–Crippen LogP) is 2.63. The van der Waals surface area contributed by atoms with Gasteiger partial charge in [0, 0.05) is 36.8 Å². The molecule has 29 heavy (non-hydrogen) atoms. The van der Waals surface area contributed by atoms with Gasteiger partial charge in [0.05, 0.1) is 6.54 Å². The van der Waals surface area contributed by atoms with Gasteiger partial charge in [0.15, 0.2) is 11.5 Å². The molecule has 0 radical (unpaired) electrons. The van der Waals surface area contributed by atoms with E-state index in [1.807, 2.05) is 0 Å². The van der Waals surface area contributed by atoms with Crippen molar-refractivity contribution in [3.63, 3.8) is 0 Å². The van der Waals surface area contributed by atoms with Crippen molar-refractivity contribution in [1.29, 1.82) is 0 Å². The van der Waals surface area contributed by atoms with Crippen LogP contribution in [0.1, 0.15) is 29.1 Å². The van der Waals surface area contributed by atoms with Crippen molar-refractivity contribution in [2.45, 2.75) is 19.8 Å². The number of hydrogen-bond donors (Lipinski definition) is 2. The molecule has 1 aromatic heterocycles. The van der Waals surface area contributed by atoms with Crippen molar-refractivity contribution in [3.05, 3.63) is 53.9 Å². The van der Waals surface area contributed by atoms with Crippen molar-refractivity contribution in [1.82, 2.24) is 10.3 Å². The molecule has 1 aliphatic heterocycles. The van der Waals surface area contributed by atoms with Crippen LogP contribution in [0.25, 0.3) is 11.1 Å². The molecular weight excluding hydrogens is 372 g/mol. The summed E-state index contributed by atoms with van der Waals surface area (Å²) in [6.45, 7) is 2.29. The lowest BCUT2D eigenvalue weighted by Gasteiger charge is -2.15. The number of benzene rings is 2. The first-order chi connectivity index (χ1) is 14.0. The minimum Gasteiger partial charge on any atom is -0.441 e. The number of nitrogens with one attached hydrogen (secondary N) is 2. The molecule has 2 aromatic carbocycles. The van der Waals surface area contributed by atoms with E-state index in [4.69, 9.17) is 4.42 Å². The normalized spacial score (nSPS) is 13.7. The number of oxazole rings is 1. The quantitative estimate of drug-likeness (QED) is 0.695. The second-order valence-corrected chi connectivity index (χ2v) is 6.84. The lowest BCUT2D eigenvalue weighted by Crippen LogP contribution is -2.32. The highest BCUT2D eigenvalue weighted by Crippen LogP contribution is 2.22. The molecule has 2 heterocycles. The van der Waals surface area contributed by atoms with Crippen LogP contribution in [0.5, 0.6) is 0 Å². The van der Waals surface area contributed by atoms with Gasteiger partial charge in [-0.25, -0.2) is 4.98 Å². The van der Waals surface area contributed by atoms with E-state index in [-0.39, 0.29) is 24.3 Å². The molecule has 0 unspecified atom stereocenters. The zero-order valence-corrected chi connectivity index (χ0v) is 15.9. The summed E-state index contributed by atoms with van der Waals surface area (Å²) in [6.07, 6.45) is 1.40. The number of rotatable bonds is 5. The highest BCUT2D eigenvalue weighted by molar-refractivity contribution is 6.00. The van der Waals surface area contributed by atoms with Crippen LogP contribution >= 0.6 is 0 Å². The van der Waals surface area contributed by atoms with Crippen LogP contribution in [0, 0.1) is 6.92 Å². The highest BCUT2D eigenvalue weighted by atomic mass is 16.3. The molecule has 0 bridgehead atoms. The van der Waals surface area contributed by atoms with E-state index >= 15 is 0 Å². The Labute approximate surface area is 166 Å². The van der Waals surface area contributed by atoms with Crippen LogP contribution in [-0.2, 0) is 9.59 Å². The first kappa shape index (κ1) is 18.7. The van der Waals surface area contributed by atoms with Crippen molar-refractivity contribution >= 4 is 40.2 Å². The van der Waals surface area contributed by atoms with Gasteiger partial charge in [0.1, 0.15) is 5.52 Å². The molecule has 0 atom stereocenters. The summed E-state index contributed by atoms with van der Waals surface area (Å²) in [5, 5.41) is 5.31. The fraction of sp³-hybridized carbons (Fsp3) is 0.238. The van der Waals surface area contributed by atoms with Crippen molar-refractivity contribution < 1.29 is 18.8 Å². The molecule has 0 spiro atoms. The average molecular weight is 392 g/mol. The fourth-order valence-corrected chi connectivity index (χ4v) is 3.30. The number of fused-ring (bicyclic) bond motifs is 1. The van der Waals surface area contributed by atoms with Gasteiger partial charge in [-0.1, -0.05) is 0 Å². The van der Waals surface area contributed by atoms with Crippen LogP contribution in [0.2, 0.25) is 0 Å². The number of aryl methyl sites for hydroxylation is 1. The Bertz CT molecular complexity index is 1090. The maximum atomic E-state index is 12.3. The van der Waals surface area contributed by atoms with Crippen molar-refractivity contribution in [2.24, 2.45) is 0 Å². The monoisotopic (exact) mass is 392 g/mol. The Morgan fingerprint density at radius 3 is 2.69 bits per heavy atom. The van der Waals surface area contributed by atoms with Crippen molar-refractivity contribution in [3.8, 4) is 0 Å². The Morgan fingerprint density at radius 1 is 1.17 bits per heavy atom. The maximum Gasteiger partial charge on any atom is 0.251 e. The predicted molar refractivity (Wildman–Crippen MR) is 108 cm³/mol. The smallest absolute Gasteiger partial charge is 0.251 e. The number of anilines is 2. The molecule has 1 saturated heterocycles. The first-order valence-electron chi connectivity index (χ1n) is 9.35. The van der Waals surface area contributed by atoms with E-state index in [0.29, 0.717) is 41.2 Å². The van der Waals surface area contributed by atoms with Gasteiger partial charge in [-0.05, 0) is 48.9 Å². The molecule has 8 heteroatoms. The standard InChI is InChI=1S/C21H20N4O4/c1-13-23-17-11-15(6-9-18(17)29-13)24-19(26)12-22-21(28)14-4-7-16(8-5-14)25-10-2-3-20(25)27/h4-9,11H,2-3,10,12H2,1H3,(H,22,28)(H,24,26). The molecule has 0 aliphatic carbocycles. The van der Waals surface area contributed by atoms with Gasteiger partial charge in [0.2, 0.25) is 11.8 Å². The Morgan fingerprint density at radius 2 is 1.97 bits per heavy atom.